The van der Waals surface area contributed by atoms with Gasteiger partial charge in [0.25, 0.3) is 0 Å². The second-order valence-electron chi connectivity index (χ2n) is 15.3. The topological polar surface area (TPSA) is 139 Å². The molecule has 2 aromatic rings. The highest BCUT2D eigenvalue weighted by Gasteiger charge is 2.37. The molecule has 1 aliphatic rings. The van der Waals surface area contributed by atoms with Gasteiger partial charge in [0.05, 0.1) is 40.3 Å². The highest BCUT2D eigenvalue weighted by atomic mass is 16.5. The van der Waals surface area contributed by atoms with E-state index in [0.717, 1.165) is 43.1 Å². The number of unbranched alkanes of at least 4 members (excludes halogenated alkanes) is 1. The Hall–Kier alpha value is -3.89. The minimum Gasteiger partial charge on any atom is -0.457 e. The molecule has 10 heteroatoms. The summed E-state index contributed by atoms with van der Waals surface area (Å²) in [5, 5.41) is 15.3. The Morgan fingerprint density at radius 2 is 1.49 bits per heavy atom. The summed E-state index contributed by atoms with van der Waals surface area (Å²) < 4.78 is 6.64. The average Bonchev–Trinajstić information content (AvgIpc) is 3.64. The van der Waals surface area contributed by atoms with Gasteiger partial charge in [0.1, 0.15) is 17.5 Å². The van der Waals surface area contributed by atoms with Gasteiger partial charge in [-0.1, -0.05) is 51.3 Å². The number of ketones is 3. The van der Waals surface area contributed by atoms with Crippen LogP contribution >= 0.6 is 0 Å². The first-order valence-corrected chi connectivity index (χ1v) is 18.6. The van der Waals surface area contributed by atoms with Crippen molar-refractivity contribution in [2.45, 2.75) is 97.1 Å². The summed E-state index contributed by atoms with van der Waals surface area (Å²) in [6.45, 7) is 5.53. The van der Waals surface area contributed by atoms with E-state index in [1.54, 1.807) is 24.3 Å². The van der Waals surface area contributed by atoms with Crippen LogP contribution in [0.2, 0.25) is 0 Å². The van der Waals surface area contributed by atoms with E-state index in [0.29, 0.717) is 36.3 Å². The third-order valence-electron chi connectivity index (χ3n) is 10.2. The normalized spacial score (nSPS) is 16.4. The van der Waals surface area contributed by atoms with Gasteiger partial charge in [0, 0.05) is 30.2 Å². The molecule has 0 aliphatic heterocycles. The number of para-hydroxylation sites is 1. The predicted octanol–water partition coefficient (Wildman–Crippen LogP) is 5.91. The molecule has 5 atom stereocenters. The number of amides is 2. The van der Waals surface area contributed by atoms with Crippen LogP contribution in [-0.4, -0.2) is 85.1 Å². The van der Waals surface area contributed by atoms with Crippen molar-refractivity contribution in [2.75, 3.05) is 34.3 Å². The van der Waals surface area contributed by atoms with Gasteiger partial charge in [-0.2, -0.15) is 0 Å². The lowest BCUT2D eigenvalue weighted by Crippen LogP contribution is -2.50. The van der Waals surface area contributed by atoms with Crippen molar-refractivity contribution < 1.29 is 38.3 Å². The molecule has 0 heterocycles. The van der Waals surface area contributed by atoms with Crippen molar-refractivity contribution in [2.24, 2.45) is 23.7 Å². The molecule has 1 unspecified atom stereocenters. The Balaban J connectivity index is 1.76. The lowest BCUT2D eigenvalue weighted by molar-refractivity contribution is -0.870. The largest absolute Gasteiger partial charge is 0.457 e. The zero-order valence-corrected chi connectivity index (χ0v) is 31.5. The average molecular weight is 707 g/mol. The molecule has 1 saturated carbocycles. The molecule has 10 nitrogen and oxygen atoms in total. The Morgan fingerprint density at radius 1 is 0.863 bits per heavy atom. The molecule has 3 rings (SSSR count). The number of hydrogen-bond donors (Lipinski definition) is 3. The zero-order valence-electron chi connectivity index (χ0n) is 31.5. The first-order valence-electron chi connectivity index (χ1n) is 18.6. The van der Waals surface area contributed by atoms with Crippen LogP contribution in [0.15, 0.2) is 54.6 Å². The summed E-state index contributed by atoms with van der Waals surface area (Å²) >= 11 is 0. The molecule has 0 spiro atoms. The van der Waals surface area contributed by atoms with Gasteiger partial charge in [0.15, 0.2) is 17.3 Å². The number of Topliss-reactive ketones (excluding diaryl/α,β-unsaturated/α-hetero) is 3. The smallest absolute Gasteiger partial charge is 0.224 e. The first kappa shape index (κ1) is 41.5. The number of carbonyl (C=O) groups is 5. The van der Waals surface area contributed by atoms with Crippen LogP contribution in [0, 0.1) is 23.7 Å². The quantitative estimate of drug-likeness (QED) is 0.0787. The molecule has 0 aromatic heterocycles. The van der Waals surface area contributed by atoms with Crippen molar-refractivity contribution in [3.05, 3.63) is 60.2 Å². The molecule has 3 N–H and O–H groups in total. The molecule has 0 saturated heterocycles. The van der Waals surface area contributed by atoms with Gasteiger partial charge in [0.2, 0.25) is 11.8 Å². The van der Waals surface area contributed by atoms with Crippen molar-refractivity contribution in [1.82, 2.24) is 10.6 Å². The van der Waals surface area contributed by atoms with Crippen LogP contribution in [0.25, 0.3) is 0 Å². The highest BCUT2D eigenvalue weighted by molar-refractivity contribution is 6.00. The molecule has 0 radical (unpaired) electrons. The number of rotatable bonds is 22. The van der Waals surface area contributed by atoms with E-state index in [1.165, 1.54) is 6.92 Å². The highest BCUT2D eigenvalue weighted by Crippen LogP contribution is 2.35. The summed E-state index contributed by atoms with van der Waals surface area (Å²) in [6.07, 6.45) is 6.20. The van der Waals surface area contributed by atoms with Crippen LogP contribution in [0.4, 0.5) is 0 Å². The number of benzene rings is 2. The summed E-state index contributed by atoms with van der Waals surface area (Å²) in [5.41, 5.74) is 0.492. The predicted molar refractivity (Wildman–Crippen MR) is 198 cm³/mol. The lowest BCUT2D eigenvalue weighted by atomic mass is 9.83. The minimum atomic E-state index is -1.04. The second kappa shape index (κ2) is 20.2. The van der Waals surface area contributed by atoms with E-state index in [2.05, 4.69) is 31.8 Å². The number of aliphatic hydroxyl groups is 1. The number of nitrogens with one attached hydrogen (secondary N) is 2. The fourth-order valence-corrected chi connectivity index (χ4v) is 6.76. The number of aliphatic hydroxyl groups excluding tert-OH is 1. The maximum absolute atomic E-state index is 14.1. The fraction of sp³-hybridized carbons (Fsp3) is 0.585. The number of carbonyl (C=O) groups excluding carboxylic acids is 5. The molecule has 1 fully saturated rings. The van der Waals surface area contributed by atoms with E-state index in [1.807, 2.05) is 44.2 Å². The summed E-state index contributed by atoms with van der Waals surface area (Å²) in [5.74, 6) is -1.71. The van der Waals surface area contributed by atoms with Gasteiger partial charge >= 0.3 is 0 Å². The molecule has 51 heavy (non-hydrogen) atoms. The fourth-order valence-electron chi connectivity index (χ4n) is 6.76. The van der Waals surface area contributed by atoms with Gasteiger partial charge < -0.3 is 25.0 Å². The van der Waals surface area contributed by atoms with Gasteiger partial charge in [-0.15, -0.1) is 0 Å². The Labute approximate surface area is 304 Å². The van der Waals surface area contributed by atoms with Crippen LogP contribution < -0.4 is 15.4 Å². The molecular formula is C41H60N3O7+. The number of quaternary nitrogens is 1. The zero-order chi connectivity index (χ0) is 37.6. The number of hydrogen-bond acceptors (Lipinski definition) is 7. The van der Waals surface area contributed by atoms with E-state index in [-0.39, 0.29) is 47.9 Å². The number of nitrogens with zero attached hydrogens (tertiary/aromatic N) is 1. The van der Waals surface area contributed by atoms with Crippen molar-refractivity contribution >= 4 is 29.2 Å². The molecule has 0 bridgehead atoms. The Morgan fingerprint density at radius 3 is 2.06 bits per heavy atom. The molecule has 2 aromatic carbocycles. The SMILES string of the molecule is CC[C@H](C)C(NC(=O)[C@@H](CC(=O)c1ccc(Oc2ccccc2)cc1)C1CCCC1)C(=O)C[C@@H](CCCC[N+](C)(C)C)C(=O)N[C@@H](CO)C(C)=O. The van der Waals surface area contributed by atoms with Crippen molar-refractivity contribution in [3.63, 3.8) is 0 Å². The van der Waals surface area contributed by atoms with E-state index in [4.69, 9.17) is 4.74 Å². The standard InChI is InChI=1S/C41H59N3O7/c1-7-28(2)39(38(48)25-32(17-13-14-24-44(4,5)6)40(49)42-36(27-45)29(3)46)43-41(50)35(30-15-11-12-16-30)26-37(47)31-20-22-34(23-21-31)51-33-18-9-8-10-19-33/h8-10,18-23,28,30,32,35-36,39,45H,7,11-17,24-27H2,1-6H3,(H-,42,43,49,50)/p+1/t28-,32+,35-,36-,39?/m0/s1. The van der Waals surface area contributed by atoms with Crippen LogP contribution in [0.5, 0.6) is 11.5 Å². The van der Waals surface area contributed by atoms with E-state index in [9.17, 15) is 29.1 Å². The maximum atomic E-state index is 14.1. The van der Waals surface area contributed by atoms with Gasteiger partial charge in [-0.05, 0) is 87.3 Å². The van der Waals surface area contributed by atoms with Crippen LogP contribution in [0.3, 0.4) is 0 Å². The molecular weight excluding hydrogens is 646 g/mol. The third-order valence-corrected chi connectivity index (χ3v) is 10.2. The molecule has 1 aliphatic carbocycles. The first-order chi connectivity index (χ1) is 24.2. The van der Waals surface area contributed by atoms with Gasteiger partial charge in [-0.3, -0.25) is 24.0 Å². The molecule has 280 valence electrons. The summed E-state index contributed by atoms with van der Waals surface area (Å²) in [4.78, 5) is 67.1. The lowest BCUT2D eigenvalue weighted by Gasteiger charge is -2.29. The van der Waals surface area contributed by atoms with Crippen molar-refractivity contribution in [1.29, 1.82) is 0 Å². The van der Waals surface area contributed by atoms with Gasteiger partial charge in [-0.25, -0.2) is 0 Å². The molecule has 2 amide bonds. The minimum absolute atomic E-state index is 0.0295. The van der Waals surface area contributed by atoms with Crippen molar-refractivity contribution in [3.8, 4) is 11.5 Å². The van der Waals surface area contributed by atoms with E-state index < -0.39 is 36.4 Å². The monoisotopic (exact) mass is 706 g/mol. The Bertz CT molecular complexity index is 1430. The van der Waals surface area contributed by atoms with Crippen LogP contribution in [-0.2, 0) is 19.2 Å². The number of ether oxygens (including phenoxy) is 1. The summed E-state index contributed by atoms with van der Waals surface area (Å²) in [7, 11) is 6.28. The third kappa shape index (κ3) is 13.6. The summed E-state index contributed by atoms with van der Waals surface area (Å²) in [6, 6.07) is 14.4. The van der Waals surface area contributed by atoms with Crippen LogP contribution in [0.1, 0.15) is 95.3 Å². The van der Waals surface area contributed by atoms with E-state index >= 15 is 0 Å². The maximum Gasteiger partial charge on any atom is 0.224 e. The second-order valence-corrected chi connectivity index (χ2v) is 15.3. The Kier molecular flexibility index (Phi) is 16.5.